The van der Waals surface area contributed by atoms with Crippen molar-refractivity contribution >= 4 is 46.4 Å². The van der Waals surface area contributed by atoms with E-state index in [9.17, 15) is 4.79 Å². The van der Waals surface area contributed by atoms with Gasteiger partial charge in [0.05, 0.1) is 15.8 Å². The molecule has 25 heavy (non-hydrogen) atoms. The standard InChI is InChI=1S/C16H11Cl2N3O3S/c17-10-6-11(18)15-19-20-16(21(15)7-10)25-8-12(22)9-1-2-13-14(5-9)24-4-3-23-13/h1-2,5-7H,3-4,8H2. The lowest BCUT2D eigenvalue weighted by atomic mass is 10.1. The molecule has 6 nitrogen and oxygen atoms in total. The largest absolute Gasteiger partial charge is 0.486 e. The fourth-order valence-electron chi connectivity index (χ4n) is 2.43. The Balaban J connectivity index is 1.52. The molecule has 0 saturated heterocycles. The van der Waals surface area contributed by atoms with Crippen molar-refractivity contribution in [3.63, 3.8) is 0 Å². The number of pyridine rings is 1. The summed E-state index contributed by atoms with van der Waals surface area (Å²) in [5, 5.41) is 9.51. The number of rotatable bonds is 4. The van der Waals surface area contributed by atoms with Crippen LogP contribution in [0.5, 0.6) is 11.5 Å². The average molecular weight is 396 g/mol. The highest BCUT2D eigenvalue weighted by Crippen LogP contribution is 2.31. The van der Waals surface area contributed by atoms with E-state index in [1.54, 1.807) is 34.9 Å². The molecule has 9 heteroatoms. The van der Waals surface area contributed by atoms with Crippen molar-refractivity contribution in [1.82, 2.24) is 14.6 Å². The molecule has 3 aromatic rings. The van der Waals surface area contributed by atoms with Gasteiger partial charge in [-0.2, -0.15) is 0 Å². The average Bonchev–Trinajstić information content (AvgIpc) is 3.02. The lowest BCUT2D eigenvalue weighted by molar-refractivity contribution is 0.102. The molecule has 0 atom stereocenters. The summed E-state index contributed by atoms with van der Waals surface area (Å²) in [5.74, 6) is 1.40. The number of halogens is 2. The molecule has 0 bridgehead atoms. The van der Waals surface area contributed by atoms with Crippen molar-refractivity contribution < 1.29 is 14.3 Å². The van der Waals surface area contributed by atoms with E-state index in [2.05, 4.69) is 10.2 Å². The second-order valence-corrected chi connectivity index (χ2v) is 7.04. The number of aromatic nitrogens is 3. The number of carbonyl (C=O) groups excluding carboxylic acids is 1. The van der Waals surface area contributed by atoms with E-state index in [1.165, 1.54) is 11.8 Å². The van der Waals surface area contributed by atoms with E-state index in [-0.39, 0.29) is 11.5 Å². The van der Waals surface area contributed by atoms with Crippen LogP contribution in [0.3, 0.4) is 0 Å². The van der Waals surface area contributed by atoms with E-state index < -0.39 is 0 Å². The third-order valence-corrected chi connectivity index (χ3v) is 5.02. The second kappa shape index (κ2) is 6.74. The summed E-state index contributed by atoms with van der Waals surface area (Å²) in [4.78, 5) is 12.5. The maximum Gasteiger partial charge on any atom is 0.196 e. The zero-order valence-corrected chi connectivity index (χ0v) is 15.1. The van der Waals surface area contributed by atoms with Crippen molar-refractivity contribution in [2.45, 2.75) is 5.16 Å². The van der Waals surface area contributed by atoms with Crippen molar-refractivity contribution in [3.05, 3.63) is 46.1 Å². The first kappa shape index (κ1) is 16.5. The maximum absolute atomic E-state index is 12.5. The van der Waals surface area contributed by atoms with E-state index in [1.807, 2.05) is 0 Å². The Labute approximate surface area is 157 Å². The number of benzene rings is 1. The highest BCUT2D eigenvalue weighted by molar-refractivity contribution is 7.99. The maximum atomic E-state index is 12.5. The monoisotopic (exact) mass is 395 g/mol. The van der Waals surface area contributed by atoms with Crippen LogP contribution in [0.25, 0.3) is 5.65 Å². The van der Waals surface area contributed by atoms with E-state index >= 15 is 0 Å². The summed E-state index contributed by atoms with van der Waals surface area (Å²) in [7, 11) is 0. The molecule has 0 radical (unpaired) electrons. The molecule has 0 aliphatic carbocycles. The van der Waals surface area contributed by atoms with Crippen molar-refractivity contribution in [1.29, 1.82) is 0 Å². The molecule has 1 aliphatic rings. The first-order chi connectivity index (χ1) is 12.1. The summed E-state index contributed by atoms with van der Waals surface area (Å²) in [6, 6.07) is 6.78. The number of fused-ring (bicyclic) bond motifs is 2. The molecule has 4 rings (SSSR count). The lowest BCUT2D eigenvalue weighted by Crippen LogP contribution is -2.16. The minimum absolute atomic E-state index is 0.0492. The van der Waals surface area contributed by atoms with Crippen LogP contribution in [0.15, 0.2) is 35.6 Å². The van der Waals surface area contributed by atoms with Gasteiger partial charge in [-0.15, -0.1) is 10.2 Å². The number of nitrogens with zero attached hydrogens (tertiary/aromatic N) is 3. The van der Waals surface area contributed by atoms with Gasteiger partial charge in [-0.05, 0) is 24.3 Å². The van der Waals surface area contributed by atoms with E-state index in [0.717, 1.165) is 0 Å². The molecule has 0 amide bonds. The molecule has 2 aromatic heterocycles. The summed E-state index contributed by atoms with van der Waals surface area (Å²) >= 11 is 13.4. The number of hydrogen-bond acceptors (Lipinski definition) is 6. The first-order valence-electron chi connectivity index (χ1n) is 7.37. The third-order valence-electron chi connectivity index (χ3n) is 3.59. The number of ether oxygens (including phenoxy) is 2. The van der Waals surface area contributed by atoms with Gasteiger partial charge in [0.2, 0.25) is 0 Å². The molecule has 0 spiro atoms. The molecule has 0 N–H and O–H groups in total. The van der Waals surface area contributed by atoms with Gasteiger partial charge < -0.3 is 9.47 Å². The molecule has 3 heterocycles. The van der Waals surface area contributed by atoms with Crippen LogP contribution in [0.1, 0.15) is 10.4 Å². The molecule has 1 aromatic carbocycles. The van der Waals surface area contributed by atoms with E-state index in [0.29, 0.717) is 51.1 Å². The Morgan fingerprint density at radius 1 is 1.16 bits per heavy atom. The van der Waals surface area contributed by atoms with Gasteiger partial charge >= 0.3 is 0 Å². The highest BCUT2D eigenvalue weighted by Gasteiger charge is 2.17. The number of carbonyl (C=O) groups is 1. The fourth-order valence-corrected chi connectivity index (χ4v) is 3.74. The van der Waals surface area contributed by atoms with E-state index in [4.69, 9.17) is 32.7 Å². The fraction of sp³-hybridized carbons (Fsp3) is 0.188. The smallest absolute Gasteiger partial charge is 0.196 e. The topological polar surface area (TPSA) is 65.7 Å². The molecule has 0 fully saturated rings. The van der Waals surface area contributed by atoms with Gasteiger partial charge in [0, 0.05) is 11.8 Å². The molecular formula is C16H11Cl2N3O3S. The van der Waals surface area contributed by atoms with Gasteiger partial charge in [-0.25, -0.2) is 0 Å². The minimum Gasteiger partial charge on any atom is -0.486 e. The van der Waals surface area contributed by atoms with Crippen molar-refractivity contribution in [2.24, 2.45) is 0 Å². The van der Waals surface area contributed by atoms with Crippen LogP contribution in [0.2, 0.25) is 10.0 Å². The normalized spacial score (nSPS) is 13.2. The molecule has 0 saturated carbocycles. The summed E-state index contributed by atoms with van der Waals surface area (Å²) in [5.41, 5.74) is 1.06. The first-order valence-corrected chi connectivity index (χ1v) is 9.11. The van der Waals surface area contributed by atoms with Crippen LogP contribution in [0.4, 0.5) is 0 Å². The molecule has 0 unspecified atom stereocenters. The summed E-state index contributed by atoms with van der Waals surface area (Å²) < 4.78 is 12.6. The summed E-state index contributed by atoms with van der Waals surface area (Å²) in [6.07, 6.45) is 1.67. The van der Waals surface area contributed by atoms with Crippen LogP contribution in [0, 0.1) is 0 Å². The second-order valence-electron chi connectivity index (χ2n) is 5.25. The SMILES string of the molecule is O=C(CSc1nnc2c(Cl)cc(Cl)cn12)c1ccc2c(c1)OCCO2. The van der Waals surface area contributed by atoms with Crippen LogP contribution >= 0.6 is 35.0 Å². The highest BCUT2D eigenvalue weighted by atomic mass is 35.5. The van der Waals surface area contributed by atoms with Gasteiger partial charge in [0.15, 0.2) is 28.1 Å². The number of hydrogen-bond donors (Lipinski definition) is 0. The Morgan fingerprint density at radius 3 is 2.80 bits per heavy atom. The lowest BCUT2D eigenvalue weighted by Gasteiger charge is -2.18. The van der Waals surface area contributed by atoms with Crippen LogP contribution in [-0.2, 0) is 0 Å². The predicted molar refractivity (Wildman–Crippen MR) is 95.5 cm³/mol. The van der Waals surface area contributed by atoms with Gasteiger partial charge in [-0.3, -0.25) is 9.20 Å². The summed E-state index contributed by atoms with van der Waals surface area (Å²) in [6.45, 7) is 0.994. The zero-order valence-electron chi connectivity index (χ0n) is 12.7. The molecular weight excluding hydrogens is 385 g/mol. The van der Waals surface area contributed by atoms with Crippen molar-refractivity contribution in [2.75, 3.05) is 19.0 Å². The molecule has 128 valence electrons. The van der Waals surface area contributed by atoms with Crippen LogP contribution < -0.4 is 9.47 Å². The Bertz CT molecular complexity index is 977. The number of Topliss-reactive ketones (excluding diaryl/α,β-unsaturated/α-hetero) is 1. The van der Waals surface area contributed by atoms with Gasteiger partial charge in [0.1, 0.15) is 13.2 Å². The molecule has 1 aliphatic heterocycles. The number of ketones is 1. The Kier molecular flexibility index (Phi) is 4.45. The predicted octanol–water partition coefficient (Wildman–Crippen LogP) is 3.78. The van der Waals surface area contributed by atoms with Crippen LogP contribution in [-0.4, -0.2) is 39.3 Å². The quantitative estimate of drug-likeness (QED) is 0.494. The zero-order chi connectivity index (χ0) is 17.4. The third kappa shape index (κ3) is 3.27. The minimum atomic E-state index is -0.0492. The van der Waals surface area contributed by atoms with Gasteiger partial charge in [0.25, 0.3) is 0 Å². The Morgan fingerprint density at radius 2 is 1.96 bits per heavy atom. The van der Waals surface area contributed by atoms with Gasteiger partial charge in [-0.1, -0.05) is 35.0 Å². The van der Waals surface area contributed by atoms with Crippen molar-refractivity contribution in [3.8, 4) is 11.5 Å². The number of thioether (sulfide) groups is 1. The Hall–Kier alpha value is -1.96.